The highest BCUT2D eigenvalue weighted by Gasteiger charge is 2.55. The van der Waals surface area contributed by atoms with Crippen molar-refractivity contribution in [3.8, 4) is 0 Å². The van der Waals surface area contributed by atoms with Crippen molar-refractivity contribution in [2.24, 2.45) is 11.3 Å². The zero-order chi connectivity index (χ0) is 47.7. The lowest BCUT2D eigenvalue weighted by molar-refractivity contribution is -0.351. The van der Waals surface area contributed by atoms with Crippen LogP contribution >= 0.6 is 0 Å². The molecule has 8 atom stereocenters. The van der Waals surface area contributed by atoms with Gasteiger partial charge >= 0.3 is 5.97 Å². The number of esters is 1. The van der Waals surface area contributed by atoms with Gasteiger partial charge in [0, 0.05) is 30.4 Å². The van der Waals surface area contributed by atoms with E-state index in [1.165, 1.54) is 23.6 Å². The number of fused-ring (bicyclic) bond motifs is 1. The fraction of sp³-hybridized carbons (Fsp3) is 0.582. The molecule has 0 aliphatic carbocycles. The summed E-state index contributed by atoms with van der Waals surface area (Å²) in [6.45, 7) is 30.3. The summed E-state index contributed by atoms with van der Waals surface area (Å²) in [5, 5.41) is 2.54. The van der Waals surface area contributed by atoms with Crippen LogP contribution in [0, 0.1) is 11.3 Å². The number of benzene rings is 2. The Kier molecular flexibility index (Phi) is 18.1. The van der Waals surface area contributed by atoms with Crippen molar-refractivity contribution in [3.05, 3.63) is 121 Å². The summed E-state index contributed by atoms with van der Waals surface area (Å²) in [6.07, 6.45) is 21.8. The second-order valence-electron chi connectivity index (χ2n) is 21.8. The highest BCUT2D eigenvalue weighted by Crippen LogP contribution is 2.47. The average Bonchev–Trinajstić information content (AvgIpc) is 3.23. The van der Waals surface area contributed by atoms with Crippen molar-refractivity contribution in [1.82, 2.24) is 0 Å². The Hall–Kier alpha value is -3.20. The van der Waals surface area contributed by atoms with Crippen molar-refractivity contribution in [1.29, 1.82) is 0 Å². The van der Waals surface area contributed by atoms with E-state index in [1.807, 2.05) is 19.9 Å². The van der Waals surface area contributed by atoms with Crippen molar-refractivity contribution in [2.45, 2.75) is 174 Å². The van der Waals surface area contributed by atoms with E-state index in [1.54, 1.807) is 6.08 Å². The van der Waals surface area contributed by atoms with Crippen molar-refractivity contribution >= 4 is 33.0 Å². The summed E-state index contributed by atoms with van der Waals surface area (Å²) >= 11 is 0. The molecule has 0 unspecified atom stereocenters. The summed E-state index contributed by atoms with van der Waals surface area (Å²) in [4.78, 5) is 11.5. The monoisotopic (exact) mass is 927 g/mol. The molecule has 0 N–H and O–H groups in total. The summed E-state index contributed by atoms with van der Waals surface area (Å²) in [5.74, 6) is -0.833. The molecule has 0 radical (unpaired) electrons. The summed E-state index contributed by atoms with van der Waals surface area (Å²) in [5.41, 5.74) is 0.836. The van der Waals surface area contributed by atoms with E-state index in [4.69, 9.17) is 32.5 Å². The first kappa shape index (κ1) is 52.8. The molecule has 2 aromatic rings. The topological polar surface area (TPSA) is 81.7 Å². The van der Waals surface area contributed by atoms with Crippen LogP contribution in [0.2, 0.25) is 23.2 Å². The summed E-state index contributed by atoms with van der Waals surface area (Å²) in [7, 11) is -3.35. The van der Waals surface area contributed by atoms with Crippen molar-refractivity contribution < 1.29 is 37.3 Å². The van der Waals surface area contributed by atoms with Gasteiger partial charge < -0.3 is 32.5 Å². The third-order valence-electron chi connectivity index (χ3n) is 14.2. The molecule has 3 fully saturated rings. The van der Waals surface area contributed by atoms with Gasteiger partial charge in [0.25, 0.3) is 8.32 Å². The van der Waals surface area contributed by atoms with Crippen LogP contribution < -0.4 is 10.4 Å². The van der Waals surface area contributed by atoms with Crippen LogP contribution in [0.25, 0.3) is 0 Å². The van der Waals surface area contributed by atoms with Crippen LogP contribution in [0.15, 0.2) is 121 Å². The lowest BCUT2D eigenvalue weighted by Gasteiger charge is -2.55. The summed E-state index contributed by atoms with van der Waals surface area (Å²) in [6, 6.07) is 21.7. The molecule has 3 aliphatic rings. The van der Waals surface area contributed by atoms with E-state index < -0.39 is 22.4 Å². The second kappa shape index (κ2) is 22.3. The second-order valence-corrected chi connectivity index (χ2v) is 30.8. The molecule has 3 saturated heterocycles. The molecule has 0 spiro atoms. The van der Waals surface area contributed by atoms with E-state index in [2.05, 4.69) is 173 Å². The number of carbonyl (C=O) groups is 1. The Balaban J connectivity index is 1.28. The van der Waals surface area contributed by atoms with E-state index in [-0.39, 0.29) is 64.0 Å². The zero-order valence-corrected chi connectivity index (χ0v) is 44.2. The average molecular weight is 927 g/mol. The molecule has 5 rings (SSSR count). The quantitative estimate of drug-likeness (QED) is 0.0510. The first-order valence-corrected chi connectivity index (χ1v) is 28.8. The predicted molar refractivity (Wildman–Crippen MR) is 271 cm³/mol. The molecule has 0 amide bonds. The van der Waals surface area contributed by atoms with Gasteiger partial charge in [-0.2, -0.15) is 0 Å². The standard InChI is InChI=1S/C55H82O8Si2/c1-41(37-47-42(2)48(63-64(13,14)52(3,4)5)38-43(60-47)28-21-16-26-34-51(56)57-12)27-19-15-20-29-44-39-50-55(11,40-58-54(9,10)62-50)49(61-44)35-36-59-65(53(6,7)8,45-30-22-17-23-31-45)46-32-24-18-25-33-46/h16-27,29-34,37,42-44,47-50H,15,28,35-36,38-40H2,1-14H3/b21-16+,27-19+,29-20+,34-26+,41-37-/t42-,43-,44+,47+,48-,49-,50+,55-/m1/s1. The highest BCUT2D eigenvalue weighted by molar-refractivity contribution is 6.99. The smallest absolute Gasteiger partial charge is 0.330 e. The van der Waals surface area contributed by atoms with E-state index in [0.29, 0.717) is 13.2 Å². The first-order chi connectivity index (χ1) is 30.5. The minimum atomic E-state index is -2.71. The molecule has 3 heterocycles. The maximum atomic E-state index is 11.5. The van der Waals surface area contributed by atoms with Crippen LogP contribution in [0.3, 0.4) is 0 Å². The van der Waals surface area contributed by atoms with Crippen LogP contribution in [0.5, 0.6) is 0 Å². The predicted octanol–water partition coefficient (Wildman–Crippen LogP) is 11.6. The minimum Gasteiger partial charge on any atom is -0.466 e. The van der Waals surface area contributed by atoms with Gasteiger partial charge in [-0.3, -0.25) is 0 Å². The Morgan fingerprint density at radius 3 is 2.09 bits per heavy atom. The van der Waals surface area contributed by atoms with Gasteiger partial charge in [0.1, 0.15) is 0 Å². The Labute approximate surface area is 395 Å². The third-order valence-corrected chi connectivity index (χ3v) is 23.8. The first-order valence-electron chi connectivity index (χ1n) is 24.0. The number of methoxy groups -OCH3 is 1. The van der Waals surface area contributed by atoms with Gasteiger partial charge in [0.2, 0.25) is 0 Å². The minimum absolute atomic E-state index is 0.00133. The molecular formula is C55H82O8Si2. The van der Waals surface area contributed by atoms with Crippen LogP contribution in [-0.2, 0) is 37.3 Å². The fourth-order valence-electron chi connectivity index (χ4n) is 9.32. The van der Waals surface area contributed by atoms with Gasteiger partial charge in [-0.05, 0) is 80.0 Å². The molecule has 0 bridgehead atoms. The van der Waals surface area contributed by atoms with Gasteiger partial charge in [0.05, 0.1) is 50.3 Å². The summed E-state index contributed by atoms with van der Waals surface area (Å²) < 4.78 is 45.9. The van der Waals surface area contributed by atoms with E-state index in [0.717, 1.165) is 37.7 Å². The molecular weight excluding hydrogens is 845 g/mol. The Morgan fingerprint density at radius 1 is 0.846 bits per heavy atom. The number of carbonyl (C=O) groups excluding carboxylic acids is 1. The van der Waals surface area contributed by atoms with E-state index >= 15 is 0 Å². The van der Waals surface area contributed by atoms with Crippen LogP contribution in [0.4, 0.5) is 0 Å². The molecule has 65 heavy (non-hydrogen) atoms. The molecule has 2 aromatic carbocycles. The largest absolute Gasteiger partial charge is 0.466 e. The normalized spacial score (nSPS) is 28.3. The van der Waals surface area contributed by atoms with Crippen LogP contribution in [-0.4, -0.2) is 85.3 Å². The number of ether oxygens (including phenoxy) is 5. The maximum Gasteiger partial charge on any atom is 0.330 e. The molecule has 3 aliphatic heterocycles. The van der Waals surface area contributed by atoms with E-state index in [9.17, 15) is 4.79 Å². The molecule has 0 aromatic heterocycles. The maximum absolute atomic E-state index is 11.5. The highest BCUT2D eigenvalue weighted by atomic mass is 28.4. The van der Waals surface area contributed by atoms with Gasteiger partial charge in [-0.15, -0.1) is 0 Å². The lowest BCUT2D eigenvalue weighted by Crippen LogP contribution is -2.67. The van der Waals surface area contributed by atoms with Crippen LogP contribution in [0.1, 0.15) is 108 Å². The molecule has 8 nitrogen and oxygen atoms in total. The van der Waals surface area contributed by atoms with Gasteiger partial charge in [0.15, 0.2) is 14.1 Å². The number of hydrogen-bond acceptors (Lipinski definition) is 8. The third kappa shape index (κ3) is 13.5. The lowest BCUT2D eigenvalue weighted by atomic mass is 9.73. The number of hydrogen-bond donors (Lipinski definition) is 0. The van der Waals surface area contributed by atoms with Crippen molar-refractivity contribution in [3.63, 3.8) is 0 Å². The zero-order valence-electron chi connectivity index (χ0n) is 42.2. The van der Waals surface area contributed by atoms with Gasteiger partial charge in [-0.25, -0.2) is 4.79 Å². The molecule has 0 saturated carbocycles. The number of allylic oxidation sites excluding steroid dienone is 6. The van der Waals surface area contributed by atoms with Gasteiger partial charge in [-0.1, -0.05) is 170 Å². The Morgan fingerprint density at radius 2 is 1.49 bits per heavy atom. The number of rotatable bonds is 17. The Bertz CT molecular complexity index is 1930. The molecule has 10 heteroatoms. The molecule has 358 valence electrons. The fourth-order valence-corrected chi connectivity index (χ4v) is 15.3. The van der Waals surface area contributed by atoms with Crippen molar-refractivity contribution in [2.75, 3.05) is 20.3 Å². The SMILES string of the molecule is COC(=O)/C=C/C=C/C[C@@H]1C[C@@H](O[Si](C)(C)C(C)(C)C)[C@H](C)[C@H](/C=C(C)\C=C\C/C=C/[C@H]2C[C@@H]3OC(C)(C)OC[C@]3(C)[C@@H](CCO[Si](c3ccccc3)(c3ccccc3)C(C)(C)C)O2)O1.